The SMILES string of the molecule is C=C(/C=C\C(C#N)=C/C)Cc1ccc(N=C=O)cc1. The summed E-state index contributed by atoms with van der Waals surface area (Å²) in [5.74, 6) is 0. The highest BCUT2D eigenvalue weighted by Crippen LogP contribution is 2.15. The van der Waals surface area contributed by atoms with Crippen LogP contribution in [0.3, 0.4) is 0 Å². The average molecular weight is 250 g/mol. The third-order valence-corrected chi connectivity index (χ3v) is 2.48. The van der Waals surface area contributed by atoms with Crippen molar-refractivity contribution in [3.8, 4) is 6.07 Å². The van der Waals surface area contributed by atoms with Gasteiger partial charge in [-0.2, -0.15) is 10.3 Å². The monoisotopic (exact) mass is 250 g/mol. The van der Waals surface area contributed by atoms with Crippen LogP contribution in [-0.4, -0.2) is 6.08 Å². The molecule has 0 saturated heterocycles. The van der Waals surface area contributed by atoms with Crippen LogP contribution < -0.4 is 0 Å². The first-order chi connectivity index (χ1) is 9.19. The average Bonchev–Trinajstić information content (AvgIpc) is 2.42. The summed E-state index contributed by atoms with van der Waals surface area (Å²) < 4.78 is 0. The molecule has 0 heterocycles. The fourth-order valence-electron chi connectivity index (χ4n) is 1.47. The molecular formula is C16H14N2O. The molecule has 0 fully saturated rings. The number of benzene rings is 1. The van der Waals surface area contributed by atoms with E-state index in [4.69, 9.17) is 5.26 Å². The quantitative estimate of drug-likeness (QED) is 0.345. The number of carbonyl (C=O) groups excluding carboxylic acids is 1. The number of hydrogen-bond donors (Lipinski definition) is 0. The lowest BCUT2D eigenvalue weighted by Crippen LogP contribution is -1.86. The third-order valence-electron chi connectivity index (χ3n) is 2.48. The van der Waals surface area contributed by atoms with E-state index in [0.29, 0.717) is 17.7 Å². The molecule has 3 nitrogen and oxygen atoms in total. The van der Waals surface area contributed by atoms with Crippen molar-refractivity contribution in [1.82, 2.24) is 0 Å². The molecule has 0 N–H and O–H groups in total. The van der Waals surface area contributed by atoms with Crippen LogP contribution >= 0.6 is 0 Å². The van der Waals surface area contributed by atoms with Crippen LogP contribution in [-0.2, 0) is 11.2 Å². The van der Waals surface area contributed by atoms with E-state index in [1.54, 1.807) is 24.3 Å². The third kappa shape index (κ3) is 4.99. The molecule has 0 amide bonds. The molecule has 0 atom stereocenters. The van der Waals surface area contributed by atoms with Crippen molar-refractivity contribution in [3.63, 3.8) is 0 Å². The zero-order valence-electron chi connectivity index (χ0n) is 10.8. The van der Waals surface area contributed by atoms with Gasteiger partial charge in [-0.25, -0.2) is 4.79 Å². The number of rotatable bonds is 5. The first-order valence-electron chi connectivity index (χ1n) is 5.78. The Morgan fingerprint density at radius 2 is 2.05 bits per heavy atom. The Morgan fingerprint density at radius 3 is 2.58 bits per heavy atom. The minimum Gasteiger partial charge on any atom is -0.211 e. The Labute approximate surface area is 112 Å². The molecule has 0 aliphatic rings. The van der Waals surface area contributed by atoms with E-state index in [2.05, 4.69) is 17.6 Å². The second-order valence-corrected chi connectivity index (χ2v) is 3.89. The lowest BCUT2D eigenvalue weighted by atomic mass is 10.0. The van der Waals surface area contributed by atoms with E-state index in [9.17, 15) is 4.79 Å². The fraction of sp³-hybridized carbons (Fsp3) is 0.125. The van der Waals surface area contributed by atoms with Crippen LogP contribution in [0.2, 0.25) is 0 Å². The first-order valence-corrected chi connectivity index (χ1v) is 5.78. The van der Waals surface area contributed by atoms with Gasteiger partial charge in [0.25, 0.3) is 0 Å². The van der Waals surface area contributed by atoms with Gasteiger partial charge in [0.15, 0.2) is 0 Å². The summed E-state index contributed by atoms with van der Waals surface area (Å²) in [6.07, 6.45) is 7.50. The van der Waals surface area contributed by atoms with Crippen molar-refractivity contribution in [1.29, 1.82) is 5.26 Å². The highest BCUT2D eigenvalue weighted by Gasteiger charge is 1.96. The number of nitriles is 1. The fourth-order valence-corrected chi connectivity index (χ4v) is 1.47. The van der Waals surface area contributed by atoms with Crippen LogP contribution in [0.25, 0.3) is 0 Å². The molecule has 3 heteroatoms. The second kappa shape index (κ2) is 7.60. The highest BCUT2D eigenvalue weighted by molar-refractivity contribution is 5.49. The maximum atomic E-state index is 10.1. The molecule has 1 aromatic rings. The van der Waals surface area contributed by atoms with E-state index in [0.717, 1.165) is 11.1 Å². The summed E-state index contributed by atoms with van der Waals surface area (Å²) in [6.45, 7) is 5.76. The normalized spacial score (nSPS) is 10.8. The summed E-state index contributed by atoms with van der Waals surface area (Å²) in [5.41, 5.74) is 3.16. The molecule has 0 aliphatic heterocycles. The smallest absolute Gasteiger partial charge is 0.211 e. The molecule has 0 spiro atoms. The van der Waals surface area contributed by atoms with E-state index >= 15 is 0 Å². The van der Waals surface area contributed by atoms with Crippen LogP contribution in [0, 0.1) is 11.3 Å². The Hall–Kier alpha value is -2.69. The van der Waals surface area contributed by atoms with Gasteiger partial charge in [0.1, 0.15) is 0 Å². The van der Waals surface area contributed by atoms with E-state index < -0.39 is 0 Å². The molecule has 94 valence electrons. The van der Waals surface area contributed by atoms with Crippen molar-refractivity contribution in [2.45, 2.75) is 13.3 Å². The summed E-state index contributed by atoms with van der Waals surface area (Å²) in [6, 6.07) is 9.35. The summed E-state index contributed by atoms with van der Waals surface area (Å²) >= 11 is 0. The standard InChI is InChI=1S/C16H14N2O/c1-3-14(11-17)5-4-13(2)10-15-6-8-16(9-7-15)18-12-19/h3-9H,2,10H2,1H3/b5-4-,14-3+. The van der Waals surface area contributed by atoms with E-state index in [-0.39, 0.29) is 0 Å². The molecule has 19 heavy (non-hydrogen) atoms. The maximum Gasteiger partial charge on any atom is 0.240 e. The van der Waals surface area contributed by atoms with E-state index in [1.807, 2.05) is 25.1 Å². The summed E-state index contributed by atoms with van der Waals surface area (Å²) in [7, 11) is 0. The van der Waals surface area contributed by atoms with Gasteiger partial charge in [-0.3, -0.25) is 0 Å². The van der Waals surface area contributed by atoms with Crippen LogP contribution in [0.1, 0.15) is 12.5 Å². The first kappa shape index (κ1) is 14.4. The van der Waals surface area contributed by atoms with Gasteiger partial charge >= 0.3 is 0 Å². The highest BCUT2D eigenvalue weighted by atomic mass is 16.1. The largest absolute Gasteiger partial charge is 0.240 e. The van der Waals surface area contributed by atoms with Gasteiger partial charge in [0.2, 0.25) is 6.08 Å². The van der Waals surface area contributed by atoms with Crippen LogP contribution in [0.15, 0.2) is 65.2 Å². The predicted molar refractivity (Wildman–Crippen MR) is 75.6 cm³/mol. The molecule has 0 radical (unpaired) electrons. The molecular weight excluding hydrogens is 236 g/mol. The van der Waals surface area contributed by atoms with Gasteiger partial charge in [0, 0.05) is 5.57 Å². The Morgan fingerprint density at radius 1 is 1.37 bits per heavy atom. The molecule has 0 bridgehead atoms. The molecule has 0 aliphatic carbocycles. The Kier molecular flexibility index (Phi) is 5.75. The number of hydrogen-bond acceptors (Lipinski definition) is 3. The maximum absolute atomic E-state index is 10.1. The minimum absolute atomic E-state index is 0.584. The number of nitrogens with zero attached hydrogens (tertiary/aromatic N) is 2. The molecule has 0 unspecified atom stereocenters. The number of aliphatic imine (C=N–C) groups is 1. The molecule has 1 aromatic carbocycles. The van der Waals surface area contributed by atoms with Gasteiger partial charge in [-0.15, -0.1) is 0 Å². The topological polar surface area (TPSA) is 53.2 Å². The Balaban J connectivity index is 2.67. The lowest BCUT2D eigenvalue weighted by molar-refractivity contribution is 0.565. The van der Waals surface area contributed by atoms with Crippen molar-refractivity contribution < 1.29 is 4.79 Å². The molecule has 0 aromatic heterocycles. The summed E-state index contributed by atoms with van der Waals surface area (Å²) in [4.78, 5) is 13.6. The van der Waals surface area contributed by atoms with Crippen LogP contribution in [0.5, 0.6) is 0 Å². The molecule has 0 saturated carbocycles. The van der Waals surface area contributed by atoms with Crippen molar-refractivity contribution >= 4 is 11.8 Å². The van der Waals surface area contributed by atoms with Gasteiger partial charge < -0.3 is 0 Å². The Bertz CT molecular complexity index is 595. The van der Waals surface area contributed by atoms with Crippen molar-refractivity contribution in [2.24, 2.45) is 4.99 Å². The van der Waals surface area contributed by atoms with Gasteiger partial charge in [-0.05, 0) is 37.1 Å². The predicted octanol–water partition coefficient (Wildman–Crippen LogP) is 3.78. The van der Waals surface area contributed by atoms with E-state index in [1.165, 1.54) is 6.08 Å². The van der Waals surface area contributed by atoms with Crippen LogP contribution in [0.4, 0.5) is 5.69 Å². The summed E-state index contributed by atoms with van der Waals surface area (Å²) in [5, 5.41) is 8.77. The lowest BCUT2D eigenvalue weighted by Gasteiger charge is -2.01. The van der Waals surface area contributed by atoms with Crippen molar-refractivity contribution in [3.05, 3.63) is 65.8 Å². The zero-order valence-corrected chi connectivity index (χ0v) is 10.8. The molecule has 1 rings (SSSR count). The van der Waals surface area contributed by atoms with Gasteiger partial charge in [-0.1, -0.05) is 36.4 Å². The van der Waals surface area contributed by atoms with Crippen molar-refractivity contribution in [2.75, 3.05) is 0 Å². The van der Waals surface area contributed by atoms with Gasteiger partial charge in [0.05, 0.1) is 11.8 Å². The number of isocyanates is 1. The minimum atomic E-state index is 0.584. The second-order valence-electron chi connectivity index (χ2n) is 3.89. The zero-order chi connectivity index (χ0) is 14.1. The number of allylic oxidation sites excluding steroid dienone is 5.